The number of nitrogens with one attached hydrogen (secondary N) is 2. The highest BCUT2D eigenvalue weighted by molar-refractivity contribution is 5.93. The Hall–Kier alpha value is -2.08. The Morgan fingerprint density at radius 1 is 0.821 bits per heavy atom. The number of piperazine rings is 1. The third-order valence-corrected chi connectivity index (χ3v) is 6.40. The lowest BCUT2D eigenvalue weighted by atomic mass is 9.81. The zero-order valence-corrected chi connectivity index (χ0v) is 16.8. The van der Waals surface area contributed by atoms with Gasteiger partial charge in [-0.2, -0.15) is 0 Å². The van der Waals surface area contributed by atoms with E-state index in [4.69, 9.17) is 0 Å². The lowest BCUT2D eigenvalue weighted by Gasteiger charge is -2.34. The van der Waals surface area contributed by atoms with E-state index >= 15 is 0 Å². The molecular weight excluding hydrogens is 352 g/mol. The molecule has 2 saturated carbocycles. The molecule has 3 aliphatic rings. The van der Waals surface area contributed by atoms with Crippen molar-refractivity contribution in [2.75, 3.05) is 43.4 Å². The average molecular weight is 385 g/mol. The normalized spacial score (nSPS) is 26.0. The number of amides is 2. The summed E-state index contributed by atoms with van der Waals surface area (Å²) in [5.41, 5.74) is 2.07. The van der Waals surface area contributed by atoms with Crippen LogP contribution in [0.1, 0.15) is 38.5 Å². The summed E-state index contributed by atoms with van der Waals surface area (Å²) in [6, 6.07) is 8.61. The molecule has 1 heterocycles. The summed E-state index contributed by atoms with van der Waals surface area (Å²) in [5, 5.41) is 6.16. The summed E-state index contributed by atoms with van der Waals surface area (Å²) in [7, 11) is 2.16. The molecule has 1 saturated heterocycles. The van der Waals surface area contributed by atoms with Crippen LogP contribution in [0.25, 0.3) is 0 Å². The number of likely N-dealkylation sites (N-methyl/N-ethyl adjacent to an activating group) is 1. The maximum atomic E-state index is 12.6. The molecule has 1 aromatic carbocycles. The Labute approximate surface area is 167 Å². The van der Waals surface area contributed by atoms with Crippen molar-refractivity contribution in [3.05, 3.63) is 24.3 Å². The summed E-state index contributed by atoms with van der Waals surface area (Å²) in [6.07, 6.45) is 5.48. The molecule has 0 unspecified atom stereocenters. The minimum absolute atomic E-state index is 0.0160. The molecule has 2 amide bonds. The number of hydrogen-bond acceptors (Lipinski definition) is 4. The predicted molar refractivity (Wildman–Crippen MR) is 111 cm³/mol. The van der Waals surface area contributed by atoms with Crippen LogP contribution in [0.2, 0.25) is 0 Å². The van der Waals surface area contributed by atoms with Gasteiger partial charge in [0.2, 0.25) is 11.8 Å². The van der Waals surface area contributed by atoms with Gasteiger partial charge in [0, 0.05) is 55.4 Å². The molecule has 4 rings (SSSR count). The van der Waals surface area contributed by atoms with Crippen LogP contribution in [0.3, 0.4) is 0 Å². The topological polar surface area (TPSA) is 64.7 Å². The van der Waals surface area contributed by atoms with E-state index < -0.39 is 0 Å². The van der Waals surface area contributed by atoms with Crippen LogP contribution in [0.15, 0.2) is 24.3 Å². The molecule has 6 heteroatoms. The predicted octanol–water partition coefficient (Wildman–Crippen LogP) is 2.46. The van der Waals surface area contributed by atoms with Crippen LogP contribution in [0.4, 0.5) is 11.4 Å². The first-order valence-corrected chi connectivity index (χ1v) is 10.7. The molecule has 0 aromatic heterocycles. The first-order valence-electron chi connectivity index (χ1n) is 10.7. The molecule has 152 valence electrons. The highest BCUT2D eigenvalue weighted by Crippen LogP contribution is 2.31. The van der Waals surface area contributed by atoms with E-state index in [1.165, 1.54) is 5.69 Å². The number of anilines is 2. The molecule has 3 fully saturated rings. The Balaban J connectivity index is 1.24. The van der Waals surface area contributed by atoms with Gasteiger partial charge in [-0.3, -0.25) is 9.59 Å². The monoisotopic (exact) mass is 384 g/mol. The van der Waals surface area contributed by atoms with E-state index in [0.29, 0.717) is 6.04 Å². The fourth-order valence-corrected chi connectivity index (χ4v) is 4.23. The van der Waals surface area contributed by atoms with Gasteiger partial charge in [0.15, 0.2) is 0 Å². The van der Waals surface area contributed by atoms with Gasteiger partial charge in [-0.25, -0.2) is 0 Å². The van der Waals surface area contributed by atoms with Gasteiger partial charge in [-0.15, -0.1) is 0 Å². The van der Waals surface area contributed by atoms with Crippen LogP contribution in [0, 0.1) is 11.8 Å². The molecule has 28 heavy (non-hydrogen) atoms. The molecule has 0 atom stereocenters. The van der Waals surface area contributed by atoms with Gasteiger partial charge in [0.25, 0.3) is 0 Å². The van der Waals surface area contributed by atoms with E-state index in [1.807, 2.05) is 12.1 Å². The lowest BCUT2D eigenvalue weighted by molar-refractivity contribution is -0.128. The van der Waals surface area contributed by atoms with Gasteiger partial charge in [0.1, 0.15) is 0 Å². The fourth-order valence-electron chi connectivity index (χ4n) is 4.23. The van der Waals surface area contributed by atoms with Gasteiger partial charge < -0.3 is 20.4 Å². The molecule has 0 spiro atoms. The van der Waals surface area contributed by atoms with E-state index in [0.717, 1.165) is 70.4 Å². The van der Waals surface area contributed by atoms with Crippen molar-refractivity contribution < 1.29 is 9.59 Å². The largest absolute Gasteiger partial charge is 0.369 e. The van der Waals surface area contributed by atoms with Gasteiger partial charge >= 0.3 is 0 Å². The zero-order valence-electron chi connectivity index (χ0n) is 16.8. The third kappa shape index (κ3) is 4.85. The number of benzene rings is 1. The van der Waals surface area contributed by atoms with Crippen molar-refractivity contribution in [3.63, 3.8) is 0 Å². The number of carbonyl (C=O) groups excluding carboxylic acids is 2. The zero-order chi connectivity index (χ0) is 19.5. The quantitative estimate of drug-likeness (QED) is 0.819. The second-order valence-corrected chi connectivity index (χ2v) is 8.66. The van der Waals surface area contributed by atoms with Crippen LogP contribution < -0.4 is 15.5 Å². The first-order chi connectivity index (χ1) is 13.6. The number of carbonyl (C=O) groups is 2. The lowest BCUT2D eigenvalue weighted by Crippen LogP contribution is -2.44. The summed E-state index contributed by atoms with van der Waals surface area (Å²) >= 11 is 0. The maximum absolute atomic E-state index is 12.6. The fraction of sp³-hybridized carbons (Fsp3) is 0.636. The molecule has 2 aliphatic carbocycles. The average Bonchev–Trinajstić information content (AvgIpc) is 3.53. The van der Waals surface area contributed by atoms with Crippen molar-refractivity contribution >= 4 is 23.2 Å². The van der Waals surface area contributed by atoms with Gasteiger partial charge in [-0.05, 0) is 69.8 Å². The Bertz CT molecular complexity index is 685. The summed E-state index contributed by atoms with van der Waals surface area (Å²) < 4.78 is 0. The van der Waals surface area contributed by atoms with Crippen LogP contribution in [-0.2, 0) is 9.59 Å². The SMILES string of the molecule is CN1CCN(c2ccc(NC(=O)C3CCC(C(=O)NC4CC4)CC3)cc2)CC1. The van der Waals surface area contributed by atoms with Crippen molar-refractivity contribution in [3.8, 4) is 0 Å². The second-order valence-electron chi connectivity index (χ2n) is 8.66. The highest BCUT2D eigenvalue weighted by atomic mass is 16.2. The van der Waals surface area contributed by atoms with Gasteiger partial charge in [-0.1, -0.05) is 0 Å². The molecule has 2 N–H and O–H groups in total. The Morgan fingerprint density at radius 3 is 1.96 bits per heavy atom. The summed E-state index contributed by atoms with van der Waals surface area (Å²) in [5.74, 6) is 0.393. The molecular formula is C22H32N4O2. The van der Waals surface area contributed by atoms with Crippen molar-refractivity contribution in [2.45, 2.75) is 44.6 Å². The maximum Gasteiger partial charge on any atom is 0.227 e. The van der Waals surface area contributed by atoms with E-state index in [2.05, 4.69) is 39.6 Å². The van der Waals surface area contributed by atoms with Crippen LogP contribution in [-0.4, -0.2) is 56.0 Å². The third-order valence-electron chi connectivity index (χ3n) is 6.40. The van der Waals surface area contributed by atoms with Crippen molar-refractivity contribution in [1.82, 2.24) is 10.2 Å². The summed E-state index contributed by atoms with van der Waals surface area (Å²) in [4.78, 5) is 29.5. The highest BCUT2D eigenvalue weighted by Gasteiger charge is 2.32. The number of rotatable bonds is 5. The van der Waals surface area contributed by atoms with Crippen LogP contribution >= 0.6 is 0 Å². The molecule has 6 nitrogen and oxygen atoms in total. The second kappa shape index (κ2) is 8.52. The molecule has 0 bridgehead atoms. The number of hydrogen-bond donors (Lipinski definition) is 2. The molecule has 1 aliphatic heterocycles. The van der Waals surface area contributed by atoms with Gasteiger partial charge in [0.05, 0.1) is 0 Å². The van der Waals surface area contributed by atoms with E-state index in [9.17, 15) is 9.59 Å². The molecule has 0 radical (unpaired) electrons. The van der Waals surface area contributed by atoms with E-state index in [-0.39, 0.29) is 23.7 Å². The minimum atomic E-state index is 0.0160. The molecule has 1 aromatic rings. The first kappa shape index (κ1) is 19.2. The Morgan fingerprint density at radius 2 is 1.39 bits per heavy atom. The van der Waals surface area contributed by atoms with E-state index in [1.54, 1.807) is 0 Å². The Kier molecular flexibility index (Phi) is 5.85. The minimum Gasteiger partial charge on any atom is -0.369 e. The summed E-state index contributed by atoms with van der Waals surface area (Å²) in [6.45, 7) is 4.25. The smallest absolute Gasteiger partial charge is 0.227 e. The van der Waals surface area contributed by atoms with Crippen molar-refractivity contribution in [1.29, 1.82) is 0 Å². The van der Waals surface area contributed by atoms with Crippen molar-refractivity contribution in [2.24, 2.45) is 11.8 Å². The van der Waals surface area contributed by atoms with Crippen LogP contribution in [0.5, 0.6) is 0 Å². The number of nitrogens with zero attached hydrogens (tertiary/aromatic N) is 2. The standard InChI is InChI=1S/C22H32N4O2/c1-25-12-14-26(15-13-25)20-10-8-19(9-11-20)24-22(28)17-4-2-16(3-5-17)21(27)23-18-6-7-18/h8-11,16-18H,2-7,12-15H2,1H3,(H,23,27)(H,24,28).